The van der Waals surface area contributed by atoms with E-state index in [4.69, 9.17) is 0 Å². The smallest absolute Gasteiger partial charge is 0.0549 e. The van der Waals surface area contributed by atoms with Gasteiger partial charge in [0.1, 0.15) is 0 Å². The maximum absolute atomic E-state index is 4.46. The van der Waals surface area contributed by atoms with E-state index in [0.717, 1.165) is 72.8 Å². The quantitative estimate of drug-likeness (QED) is 0.144. The van der Waals surface area contributed by atoms with Gasteiger partial charge in [-0.15, -0.1) is 11.3 Å². The Bertz CT molecular complexity index is 4310. The predicted octanol–water partition coefficient (Wildman–Crippen LogP) is 18.6. The van der Waals surface area contributed by atoms with Crippen LogP contribution in [0.4, 0.5) is 17.1 Å². The molecule has 14 aromatic rings. The highest BCUT2D eigenvalue weighted by Gasteiger charge is 2.21. The van der Waals surface area contributed by atoms with E-state index in [9.17, 15) is 0 Å². The first kappa shape index (κ1) is 41.7. The molecule has 72 heavy (non-hydrogen) atoms. The summed E-state index contributed by atoms with van der Waals surface area (Å²) in [4.78, 5) is 6.90. The van der Waals surface area contributed by atoms with Crippen LogP contribution in [0.3, 0.4) is 0 Å². The fourth-order valence-corrected chi connectivity index (χ4v) is 11.9. The number of fused-ring (bicyclic) bond motifs is 7. The van der Waals surface area contributed by atoms with Gasteiger partial charge in [-0.25, -0.2) is 0 Å². The zero-order valence-electron chi connectivity index (χ0n) is 39.1. The van der Waals surface area contributed by atoms with E-state index in [0.29, 0.717) is 0 Å². The third-order valence-corrected chi connectivity index (χ3v) is 15.3. The van der Waals surface area contributed by atoms with Gasteiger partial charge in [0.2, 0.25) is 0 Å². The third kappa shape index (κ3) is 7.17. The van der Waals surface area contributed by atoms with Crippen molar-refractivity contribution < 1.29 is 0 Å². The Hall–Kier alpha value is -9.29. The summed E-state index contributed by atoms with van der Waals surface area (Å²) in [5.41, 5.74) is 18.1. The van der Waals surface area contributed by atoms with E-state index in [1.54, 1.807) is 0 Å². The molecule has 0 unspecified atom stereocenters. The second-order valence-corrected chi connectivity index (χ2v) is 19.5. The van der Waals surface area contributed by atoms with E-state index < -0.39 is 0 Å². The van der Waals surface area contributed by atoms with E-state index >= 15 is 0 Å². The van der Waals surface area contributed by atoms with Crippen molar-refractivity contribution in [1.82, 2.24) is 14.1 Å². The molecule has 0 fully saturated rings. The normalized spacial score (nSPS) is 11.6. The van der Waals surface area contributed by atoms with Crippen LogP contribution in [0.1, 0.15) is 0 Å². The molecule has 4 aromatic heterocycles. The lowest BCUT2D eigenvalue weighted by molar-refractivity contribution is 1.13. The van der Waals surface area contributed by atoms with E-state index in [1.807, 2.05) is 29.8 Å². The number of rotatable bonds is 9. The molecular formula is C67H44N4S. The van der Waals surface area contributed by atoms with Crippen molar-refractivity contribution in [1.29, 1.82) is 0 Å². The van der Waals surface area contributed by atoms with Gasteiger partial charge in [0.15, 0.2) is 0 Å². The Morgan fingerprint density at radius 1 is 0.361 bits per heavy atom. The number of pyridine rings is 1. The van der Waals surface area contributed by atoms with Crippen LogP contribution in [-0.4, -0.2) is 14.1 Å². The summed E-state index contributed by atoms with van der Waals surface area (Å²) in [5, 5.41) is 6.14. The molecule has 338 valence electrons. The zero-order chi connectivity index (χ0) is 47.5. The Labute approximate surface area is 421 Å². The molecule has 0 aliphatic rings. The first-order valence-corrected chi connectivity index (χ1v) is 25.2. The molecule has 10 aromatic carbocycles. The van der Waals surface area contributed by atoms with Gasteiger partial charge in [-0.3, -0.25) is 4.98 Å². The van der Waals surface area contributed by atoms with Crippen molar-refractivity contribution in [3.8, 4) is 55.9 Å². The number of benzene rings is 10. The minimum atomic E-state index is 1.07. The van der Waals surface area contributed by atoms with Crippen molar-refractivity contribution in [2.75, 3.05) is 4.90 Å². The van der Waals surface area contributed by atoms with E-state index in [-0.39, 0.29) is 0 Å². The van der Waals surface area contributed by atoms with Crippen molar-refractivity contribution in [2.45, 2.75) is 0 Å². The molecule has 0 aliphatic carbocycles. The van der Waals surface area contributed by atoms with Crippen LogP contribution in [0, 0.1) is 0 Å². The summed E-state index contributed by atoms with van der Waals surface area (Å²) in [6.07, 6.45) is 5.95. The summed E-state index contributed by atoms with van der Waals surface area (Å²) in [7, 11) is 0. The molecule has 4 nitrogen and oxygen atoms in total. The topological polar surface area (TPSA) is 26.0 Å². The summed E-state index contributed by atoms with van der Waals surface area (Å²) >= 11 is 1.86. The highest BCUT2D eigenvalue weighted by atomic mass is 32.1. The molecular weight excluding hydrogens is 893 g/mol. The van der Waals surface area contributed by atoms with E-state index in [2.05, 4.69) is 268 Å². The van der Waals surface area contributed by atoms with Crippen LogP contribution in [-0.2, 0) is 0 Å². The average molecular weight is 937 g/mol. The number of aromatic nitrogens is 3. The molecule has 0 saturated carbocycles. The lowest BCUT2D eigenvalue weighted by Gasteiger charge is -2.27. The maximum Gasteiger partial charge on any atom is 0.0549 e. The molecule has 4 heterocycles. The molecule has 0 amide bonds. The zero-order valence-corrected chi connectivity index (χ0v) is 39.9. The van der Waals surface area contributed by atoms with Crippen LogP contribution in [0.2, 0.25) is 0 Å². The first-order chi connectivity index (χ1) is 35.7. The fourth-order valence-electron chi connectivity index (χ4n) is 10.8. The van der Waals surface area contributed by atoms with Gasteiger partial charge in [-0.1, -0.05) is 140 Å². The summed E-state index contributed by atoms with van der Waals surface area (Å²) in [6.45, 7) is 0. The molecule has 0 atom stereocenters. The molecule has 0 N–H and O–H groups in total. The minimum absolute atomic E-state index is 1.07. The number of anilines is 3. The van der Waals surface area contributed by atoms with Crippen LogP contribution in [0.15, 0.2) is 267 Å². The number of nitrogens with zero attached hydrogens (tertiary/aromatic N) is 4. The summed E-state index contributed by atoms with van der Waals surface area (Å²) < 4.78 is 7.27. The summed E-state index contributed by atoms with van der Waals surface area (Å²) in [6, 6.07) is 90.9. The first-order valence-electron chi connectivity index (χ1n) is 24.4. The summed E-state index contributed by atoms with van der Waals surface area (Å²) in [5.74, 6) is 0. The standard InChI is InChI=1S/C67H44N4S/c1-4-14-45(15-5-1)46-25-30-55(31-26-46)70(56-32-27-47-35-37-69(63(47)43-56)53-17-6-2-7-18-53)57-39-51(38-52(40-57)58-22-12-24-66-67(58)60-21-10-11-23-65(60)72-66)48-29-34-62-61(41-48)59-33-28-49(50-16-13-36-68-44-50)42-64(59)71(62)54-19-8-3-9-20-54/h1-44H. The number of thiophene rings is 1. The van der Waals surface area contributed by atoms with Crippen molar-refractivity contribution in [2.24, 2.45) is 0 Å². The fraction of sp³-hybridized carbons (Fsp3) is 0. The monoisotopic (exact) mass is 936 g/mol. The molecule has 0 saturated heterocycles. The number of hydrogen-bond donors (Lipinski definition) is 0. The Kier molecular flexibility index (Phi) is 10.0. The lowest BCUT2D eigenvalue weighted by Crippen LogP contribution is -2.10. The average Bonchev–Trinajstić information content (AvgIpc) is 4.16. The maximum atomic E-state index is 4.46. The van der Waals surface area contributed by atoms with Gasteiger partial charge in [-0.2, -0.15) is 0 Å². The van der Waals surface area contributed by atoms with Crippen molar-refractivity contribution in [3.63, 3.8) is 0 Å². The molecule has 0 spiro atoms. The largest absolute Gasteiger partial charge is 0.316 e. The predicted molar refractivity (Wildman–Crippen MR) is 305 cm³/mol. The van der Waals surface area contributed by atoms with Crippen molar-refractivity contribution >= 4 is 81.3 Å². The van der Waals surface area contributed by atoms with Crippen molar-refractivity contribution in [3.05, 3.63) is 267 Å². The second kappa shape index (κ2) is 17.3. The SMILES string of the molecule is c1ccc(-c2ccc(N(c3cc(-c4ccc5c(c4)c4ccc(-c6cccnc6)cc4n5-c4ccccc4)cc(-c4cccc5sc6ccccc6c45)c3)c3ccc4ccn(-c5ccccc5)c4c3)cc2)cc1. The highest BCUT2D eigenvalue weighted by Crippen LogP contribution is 2.46. The molecule has 14 rings (SSSR count). The molecule has 0 radical (unpaired) electrons. The van der Waals surface area contributed by atoms with Crippen LogP contribution < -0.4 is 4.90 Å². The number of hydrogen-bond acceptors (Lipinski definition) is 3. The Morgan fingerprint density at radius 3 is 1.86 bits per heavy atom. The Balaban J connectivity index is 1.02. The molecule has 0 aliphatic heterocycles. The Morgan fingerprint density at radius 2 is 1.04 bits per heavy atom. The van der Waals surface area contributed by atoms with Gasteiger partial charge in [-0.05, 0) is 148 Å². The molecule has 0 bridgehead atoms. The van der Waals surface area contributed by atoms with Crippen LogP contribution in [0.25, 0.3) is 109 Å². The highest BCUT2D eigenvalue weighted by molar-refractivity contribution is 7.25. The van der Waals surface area contributed by atoms with Gasteiger partial charge in [0.25, 0.3) is 0 Å². The van der Waals surface area contributed by atoms with E-state index in [1.165, 1.54) is 53.0 Å². The van der Waals surface area contributed by atoms with Crippen LogP contribution in [0.5, 0.6) is 0 Å². The lowest BCUT2D eigenvalue weighted by atomic mass is 9.94. The van der Waals surface area contributed by atoms with Gasteiger partial charge >= 0.3 is 0 Å². The minimum Gasteiger partial charge on any atom is -0.316 e. The molecule has 5 heteroatoms. The van der Waals surface area contributed by atoms with Gasteiger partial charge < -0.3 is 14.0 Å². The third-order valence-electron chi connectivity index (χ3n) is 14.2. The number of para-hydroxylation sites is 2. The van der Waals surface area contributed by atoms with Gasteiger partial charge in [0.05, 0.1) is 16.6 Å². The second-order valence-electron chi connectivity index (χ2n) is 18.4. The van der Waals surface area contributed by atoms with Gasteiger partial charge in [0, 0.05) is 88.9 Å². The van der Waals surface area contributed by atoms with Crippen LogP contribution >= 0.6 is 11.3 Å².